The Bertz CT molecular complexity index is 412. The molecule has 2 unspecified atom stereocenters. The van der Waals surface area contributed by atoms with E-state index in [1.165, 1.54) is 56.2 Å². The van der Waals surface area contributed by atoms with Gasteiger partial charge in [0.25, 0.3) is 0 Å². The Kier molecular flexibility index (Phi) is 5.72. The van der Waals surface area contributed by atoms with Gasteiger partial charge in [-0.2, -0.15) is 0 Å². The molecule has 0 aliphatic heterocycles. The van der Waals surface area contributed by atoms with Crippen molar-refractivity contribution in [1.29, 1.82) is 0 Å². The fraction of sp³-hybridized carbons (Fsp3) is 0.700. The molecule has 2 rings (SSSR count). The van der Waals surface area contributed by atoms with Gasteiger partial charge >= 0.3 is 0 Å². The molecule has 1 aliphatic rings. The van der Waals surface area contributed by atoms with E-state index in [4.69, 9.17) is 0 Å². The summed E-state index contributed by atoms with van der Waals surface area (Å²) < 4.78 is 0. The monoisotopic (exact) mass is 287 g/mol. The molecule has 0 heterocycles. The molecule has 0 amide bonds. The van der Waals surface area contributed by atoms with Crippen LogP contribution in [0.1, 0.15) is 78.2 Å². The molecule has 0 bridgehead atoms. The number of benzene rings is 1. The van der Waals surface area contributed by atoms with Crippen molar-refractivity contribution in [3.63, 3.8) is 0 Å². The highest BCUT2D eigenvalue weighted by atomic mass is 14.9. The van der Waals surface area contributed by atoms with Crippen LogP contribution >= 0.6 is 0 Å². The molecule has 0 aromatic heterocycles. The molecule has 1 aromatic carbocycles. The zero-order valence-corrected chi connectivity index (χ0v) is 14.4. The van der Waals surface area contributed by atoms with Crippen LogP contribution < -0.4 is 5.32 Å². The Balaban J connectivity index is 1.89. The zero-order chi connectivity index (χ0) is 15.3. The average Bonchev–Trinajstić information content (AvgIpc) is 2.65. The average molecular weight is 287 g/mol. The topological polar surface area (TPSA) is 12.0 Å². The molecule has 1 fully saturated rings. The molecule has 1 nitrogen and oxygen atoms in total. The first-order chi connectivity index (χ1) is 9.99. The summed E-state index contributed by atoms with van der Waals surface area (Å²) in [5.74, 6) is 0.977. The van der Waals surface area contributed by atoms with Gasteiger partial charge in [-0.3, -0.25) is 0 Å². The Morgan fingerprint density at radius 2 is 1.71 bits per heavy atom. The predicted octanol–water partition coefficient (Wildman–Crippen LogP) is 6.15. The lowest BCUT2D eigenvalue weighted by Gasteiger charge is -2.21. The SMILES string of the molecule is CCCC1CCCC(Nc2ccc(C(C)(C)C)cc2)CC1. The lowest BCUT2D eigenvalue weighted by atomic mass is 9.87. The molecule has 1 saturated carbocycles. The van der Waals surface area contributed by atoms with Gasteiger partial charge < -0.3 is 5.32 Å². The van der Waals surface area contributed by atoms with E-state index >= 15 is 0 Å². The minimum atomic E-state index is 0.244. The van der Waals surface area contributed by atoms with Gasteiger partial charge in [0.05, 0.1) is 0 Å². The smallest absolute Gasteiger partial charge is 0.0342 e. The summed E-state index contributed by atoms with van der Waals surface area (Å²) in [5, 5.41) is 3.76. The highest BCUT2D eigenvalue weighted by Gasteiger charge is 2.18. The van der Waals surface area contributed by atoms with Crippen molar-refractivity contribution in [3.8, 4) is 0 Å². The first-order valence-corrected chi connectivity index (χ1v) is 8.86. The Labute approximate surface area is 131 Å². The van der Waals surface area contributed by atoms with Crippen LogP contribution in [0.2, 0.25) is 0 Å². The van der Waals surface area contributed by atoms with Gasteiger partial charge in [0.2, 0.25) is 0 Å². The molecule has 0 radical (unpaired) electrons. The second-order valence-corrected chi connectivity index (χ2v) is 7.83. The van der Waals surface area contributed by atoms with Crippen molar-refractivity contribution in [2.45, 2.75) is 84.1 Å². The molecule has 0 saturated heterocycles. The Morgan fingerprint density at radius 1 is 1.00 bits per heavy atom. The Morgan fingerprint density at radius 3 is 2.33 bits per heavy atom. The molecule has 21 heavy (non-hydrogen) atoms. The molecular weight excluding hydrogens is 254 g/mol. The maximum atomic E-state index is 3.76. The van der Waals surface area contributed by atoms with Crippen LogP contribution in [0.5, 0.6) is 0 Å². The van der Waals surface area contributed by atoms with Crippen molar-refractivity contribution in [3.05, 3.63) is 29.8 Å². The molecule has 118 valence electrons. The van der Waals surface area contributed by atoms with Crippen molar-refractivity contribution >= 4 is 5.69 Å². The number of rotatable bonds is 4. The van der Waals surface area contributed by atoms with Crippen LogP contribution in [0.3, 0.4) is 0 Å². The van der Waals surface area contributed by atoms with Crippen LogP contribution in [0, 0.1) is 5.92 Å². The molecule has 2 atom stereocenters. The molecular formula is C20H33N. The van der Waals surface area contributed by atoms with Crippen LogP contribution in [-0.2, 0) is 5.41 Å². The van der Waals surface area contributed by atoms with E-state index < -0.39 is 0 Å². The predicted molar refractivity (Wildman–Crippen MR) is 94.0 cm³/mol. The third-order valence-corrected chi connectivity index (χ3v) is 4.91. The second kappa shape index (κ2) is 7.33. The van der Waals surface area contributed by atoms with E-state index in [1.807, 2.05) is 0 Å². The van der Waals surface area contributed by atoms with Crippen molar-refractivity contribution < 1.29 is 0 Å². The molecule has 1 heteroatoms. The maximum absolute atomic E-state index is 3.76. The van der Waals surface area contributed by atoms with Gasteiger partial charge in [-0.15, -0.1) is 0 Å². The molecule has 0 spiro atoms. The van der Waals surface area contributed by atoms with Crippen LogP contribution in [0.25, 0.3) is 0 Å². The summed E-state index contributed by atoms with van der Waals surface area (Å²) in [6.45, 7) is 9.13. The summed E-state index contributed by atoms with van der Waals surface area (Å²) in [4.78, 5) is 0. The third-order valence-electron chi connectivity index (χ3n) is 4.91. The standard InChI is InChI=1S/C20H33N/c1-5-7-16-8-6-9-18(13-10-16)21-19-14-11-17(12-15-19)20(2,3)4/h11-12,14-16,18,21H,5-10,13H2,1-4H3. The van der Waals surface area contributed by atoms with Gasteiger partial charge in [0, 0.05) is 11.7 Å². The van der Waals surface area contributed by atoms with Crippen molar-refractivity contribution in [2.75, 3.05) is 5.32 Å². The van der Waals surface area contributed by atoms with Gasteiger partial charge in [-0.1, -0.05) is 65.5 Å². The molecule has 1 aromatic rings. The van der Waals surface area contributed by atoms with Crippen molar-refractivity contribution in [2.24, 2.45) is 5.92 Å². The van der Waals surface area contributed by atoms with Gasteiger partial charge in [-0.25, -0.2) is 0 Å². The number of hydrogen-bond acceptors (Lipinski definition) is 1. The summed E-state index contributed by atoms with van der Waals surface area (Å²) in [7, 11) is 0. The quantitative estimate of drug-likeness (QED) is 0.655. The molecule has 1 aliphatic carbocycles. The summed E-state index contributed by atoms with van der Waals surface area (Å²) in [6, 6.07) is 9.74. The highest BCUT2D eigenvalue weighted by molar-refractivity contribution is 5.46. The minimum Gasteiger partial charge on any atom is -0.382 e. The fourth-order valence-corrected chi connectivity index (χ4v) is 3.52. The van der Waals surface area contributed by atoms with Gasteiger partial charge in [-0.05, 0) is 48.3 Å². The lowest BCUT2D eigenvalue weighted by molar-refractivity contribution is 0.422. The summed E-state index contributed by atoms with van der Waals surface area (Å²) in [6.07, 6.45) is 9.68. The lowest BCUT2D eigenvalue weighted by Crippen LogP contribution is -2.18. The van der Waals surface area contributed by atoms with E-state index in [0.29, 0.717) is 6.04 Å². The van der Waals surface area contributed by atoms with Crippen LogP contribution in [0.15, 0.2) is 24.3 Å². The first-order valence-electron chi connectivity index (χ1n) is 8.86. The van der Waals surface area contributed by atoms with Crippen LogP contribution in [0.4, 0.5) is 5.69 Å². The number of nitrogens with one attached hydrogen (secondary N) is 1. The fourth-order valence-electron chi connectivity index (χ4n) is 3.52. The number of anilines is 1. The summed E-state index contributed by atoms with van der Waals surface area (Å²) in [5.41, 5.74) is 2.95. The van der Waals surface area contributed by atoms with Crippen LogP contribution in [-0.4, -0.2) is 6.04 Å². The van der Waals surface area contributed by atoms with Gasteiger partial charge in [0.15, 0.2) is 0 Å². The largest absolute Gasteiger partial charge is 0.382 e. The Hall–Kier alpha value is -0.980. The van der Waals surface area contributed by atoms with E-state index in [0.717, 1.165) is 5.92 Å². The second-order valence-electron chi connectivity index (χ2n) is 7.83. The number of hydrogen-bond donors (Lipinski definition) is 1. The zero-order valence-electron chi connectivity index (χ0n) is 14.4. The minimum absolute atomic E-state index is 0.244. The first kappa shape index (κ1) is 16.4. The van der Waals surface area contributed by atoms with E-state index in [9.17, 15) is 0 Å². The summed E-state index contributed by atoms with van der Waals surface area (Å²) >= 11 is 0. The maximum Gasteiger partial charge on any atom is 0.0342 e. The van der Waals surface area contributed by atoms with E-state index in [2.05, 4.69) is 57.3 Å². The van der Waals surface area contributed by atoms with Gasteiger partial charge in [0.1, 0.15) is 0 Å². The van der Waals surface area contributed by atoms with E-state index in [-0.39, 0.29) is 5.41 Å². The highest BCUT2D eigenvalue weighted by Crippen LogP contribution is 2.29. The third kappa shape index (κ3) is 5.05. The molecule has 1 N–H and O–H groups in total. The van der Waals surface area contributed by atoms with Crippen molar-refractivity contribution in [1.82, 2.24) is 0 Å². The normalized spacial score (nSPS) is 23.6. The van der Waals surface area contributed by atoms with E-state index in [1.54, 1.807) is 0 Å².